The molecule has 0 radical (unpaired) electrons. The van der Waals surface area contributed by atoms with E-state index >= 15 is 0 Å². The molecule has 86 valence electrons. The van der Waals surface area contributed by atoms with E-state index in [2.05, 4.69) is 27.7 Å². The molecule has 0 aromatic carbocycles. The van der Waals surface area contributed by atoms with Crippen molar-refractivity contribution in [2.24, 2.45) is 0 Å². The van der Waals surface area contributed by atoms with Gasteiger partial charge >= 0.3 is 0 Å². The van der Waals surface area contributed by atoms with Crippen LogP contribution >= 0.6 is 56.9 Å². The van der Waals surface area contributed by atoms with Crippen molar-refractivity contribution in [3.05, 3.63) is 0 Å². The lowest BCUT2D eigenvalue weighted by Gasteiger charge is -2.05. The predicted octanol–water partition coefficient (Wildman–Crippen LogP) is 5.26. The van der Waals surface area contributed by atoms with Gasteiger partial charge in [0.1, 0.15) is 0 Å². The van der Waals surface area contributed by atoms with Crippen LogP contribution in [0.25, 0.3) is 0 Å². The lowest BCUT2D eigenvalue weighted by atomic mass is 10.6. The Morgan fingerprint density at radius 3 is 2.00 bits per heavy atom. The third-order valence-electron chi connectivity index (χ3n) is 1.04. The molecule has 0 aliphatic heterocycles. The summed E-state index contributed by atoms with van der Waals surface area (Å²) in [7, 11) is 3.97. The van der Waals surface area contributed by atoms with Gasteiger partial charge in [0, 0.05) is 15.4 Å². The lowest BCUT2D eigenvalue weighted by Crippen LogP contribution is -1.86. The largest absolute Gasteiger partial charge is 0.148 e. The molecule has 0 atom stereocenters. The molecule has 0 bridgehead atoms. The Labute approximate surface area is 110 Å². The number of hydrogen-bond donors (Lipinski definition) is 0. The van der Waals surface area contributed by atoms with Gasteiger partial charge in [-0.15, -0.1) is 35.3 Å². The van der Waals surface area contributed by atoms with Gasteiger partial charge in [0.15, 0.2) is 0 Å². The maximum Gasteiger partial charge on any atom is 0.0504 e. The fraction of sp³-hybridized carbons (Fsp3) is 1.00. The van der Waals surface area contributed by atoms with Gasteiger partial charge in [-0.1, -0.05) is 49.3 Å². The lowest BCUT2D eigenvalue weighted by molar-refractivity contribution is 1.12. The summed E-state index contributed by atoms with van der Waals surface area (Å²) < 4.78 is 0. The summed E-state index contributed by atoms with van der Waals surface area (Å²) in [5.74, 6) is 0. The quantitative estimate of drug-likeness (QED) is 0.321. The van der Waals surface area contributed by atoms with Crippen LogP contribution in [0, 0.1) is 0 Å². The summed E-state index contributed by atoms with van der Waals surface area (Å²) in [4.78, 5) is 0. The van der Waals surface area contributed by atoms with Gasteiger partial charge < -0.3 is 0 Å². The van der Waals surface area contributed by atoms with Crippen LogP contribution in [0.2, 0.25) is 0 Å². The minimum Gasteiger partial charge on any atom is -0.148 e. The second-order valence-electron chi connectivity index (χ2n) is 3.24. The zero-order valence-electron chi connectivity index (χ0n) is 9.32. The highest BCUT2D eigenvalue weighted by molar-refractivity contribution is 8.78. The summed E-state index contributed by atoms with van der Waals surface area (Å²) in [6.45, 7) is 9.01. The molecule has 0 aromatic rings. The van der Waals surface area contributed by atoms with Crippen molar-refractivity contribution in [1.29, 1.82) is 0 Å². The molecule has 5 heteroatoms. The van der Waals surface area contributed by atoms with Crippen molar-refractivity contribution in [3.8, 4) is 0 Å². The molecule has 0 spiro atoms. The van der Waals surface area contributed by atoms with E-state index in [9.17, 15) is 0 Å². The van der Waals surface area contributed by atoms with Crippen LogP contribution in [0.3, 0.4) is 0 Å². The van der Waals surface area contributed by atoms with Gasteiger partial charge in [-0.25, -0.2) is 0 Å². The SMILES string of the molecule is CC(C)SCSCSCSSC(C)C. The van der Waals surface area contributed by atoms with Gasteiger partial charge in [-0.3, -0.25) is 0 Å². The van der Waals surface area contributed by atoms with Gasteiger partial charge in [0.25, 0.3) is 0 Å². The number of rotatable bonds is 9. The highest BCUT2D eigenvalue weighted by Gasteiger charge is 1.97. The van der Waals surface area contributed by atoms with Crippen molar-refractivity contribution in [1.82, 2.24) is 0 Å². The maximum atomic E-state index is 2.26. The molecule has 0 rings (SSSR count). The summed E-state index contributed by atoms with van der Waals surface area (Å²) >= 11 is 6.12. The van der Waals surface area contributed by atoms with Crippen molar-refractivity contribution in [2.45, 2.75) is 38.2 Å². The molecular weight excluding hydrogens is 268 g/mol. The molecule has 0 aliphatic carbocycles. The minimum atomic E-state index is 0.754. The van der Waals surface area contributed by atoms with E-state index in [-0.39, 0.29) is 0 Å². The molecule has 0 N–H and O–H groups in total. The smallest absolute Gasteiger partial charge is 0.0504 e. The van der Waals surface area contributed by atoms with E-state index in [1.165, 1.54) is 15.3 Å². The minimum absolute atomic E-state index is 0.754. The first-order valence-electron chi connectivity index (χ1n) is 4.68. The van der Waals surface area contributed by atoms with Crippen LogP contribution in [0.5, 0.6) is 0 Å². The molecule has 0 amide bonds. The average molecular weight is 289 g/mol. The summed E-state index contributed by atoms with van der Waals surface area (Å²) in [6, 6.07) is 0. The molecular formula is C9H20S5. The van der Waals surface area contributed by atoms with Gasteiger partial charge in [-0.05, 0) is 5.25 Å². The molecule has 0 aromatic heterocycles. The molecule has 14 heavy (non-hydrogen) atoms. The van der Waals surface area contributed by atoms with Crippen molar-refractivity contribution in [3.63, 3.8) is 0 Å². The summed E-state index contributed by atoms with van der Waals surface area (Å²) in [6.07, 6.45) is 0. The average Bonchev–Trinajstić information content (AvgIpc) is 2.08. The monoisotopic (exact) mass is 288 g/mol. The Morgan fingerprint density at radius 2 is 1.43 bits per heavy atom. The molecule has 0 unspecified atom stereocenters. The van der Waals surface area contributed by atoms with E-state index in [1.807, 2.05) is 56.9 Å². The molecule has 0 nitrogen and oxygen atoms in total. The van der Waals surface area contributed by atoms with Crippen LogP contribution in [0.1, 0.15) is 27.7 Å². The first kappa shape index (κ1) is 15.8. The van der Waals surface area contributed by atoms with Gasteiger partial charge in [-0.2, -0.15) is 0 Å². The van der Waals surface area contributed by atoms with Crippen LogP contribution < -0.4 is 0 Å². The zero-order chi connectivity index (χ0) is 10.8. The Balaban J connectivity index is 2.92. The van der Waals surface area contributed by atoms with Crippen LogP contribution in [-0.2, 0) is 0 Å². The Morgan fingerprint density at radius 1 is 0.786 bits per heavy atom. The molecule has 0 saturated carbocycles. The summed E-state index contributed by atoms with van der Waals surface area (Å²) in [5.41, 5.74) is 0. The van der Waals surface area contributed by atoms with E-state index < -0.39 is 0 Å². The standard InChI is InChI=1S/C9H20S5/c1-8(2)12-6-10-5-11-7-13-14-9(3)4/h8-9H,5-7H2,1-4H3. The second kappa shape index (κ2) is 11.2. The first-order valence-corrected chi connectivity index (χ1v) is 10.4. The first-order chi connectivity index (χ1) is 6.63. The van der Waals surface area contributed by atoms with Gasteiger partial charge in [0.05, 0.1) is 5.08 Å². The van der Waals surface area contributed by atoms with Gasteiger partial charge in [0.2, 0.25) is 0 Å². The highest BCUT2D eigenvalue weighted by atomic mass is 33.1. The van der Waals surface area contributed by atoms with Crippen LogP contribution in [0.15, 0.2) is 0 Å². The maximum absolute atomic E-state index is 2.26. The zero-order valence-corrected chi connectivity index (χ0v) is 13.4. The van der Waals surface area contributed by atoms with E-state index in [1.54, 1.807) is 0 Å². The Kier molecular flexibility index (Phi) is 12.6. The number of hydrogen-bond acceptors (Lipinski definition) is 5. The third kappa shape index (κ3) is 13.8. The predicted molar refractivity (Wildman–Crippen MR) is 82.8 cm³/mol. The Bertz CT molecular complexity index is 102. The fourth-order valence-corrected chi connectivity index (χ4v) is 6.92. The highest BCUT2D eigenvalue weighted by Crippen LogP contribution is 2.31. The van der Waals surface area contributed by atoms with E-state index in [0.717, 1.165) is 10.5 Å². The normalized spacial score (nSPS) is 11.6. The topological polar surface area (TPSA) is 0 Å². The van der Waals surface area contributed by atoms with Crippen molar-refractivity contribution < 1.29 is 0 Å². The Hall–Kier alpha value is 1.75. The third-order valence-corrected chi connectivity index (χ3v) is 8.26. The van der Waals surface area contributed by atoms with E-state index in [4.69, 9.17) is 0 Å². The molecule has 0 saturated heterocycles. The second-order valence-corrected chi connectivity index (χ2v) is 10.8. The molecule has 0 heterocycles. The van der Waals surface area contributed by atoms with Crippen molar-refractivity contribution >= 4 is 56.9 Å². The van der Waals surface area contributed by atoms with Crippen LogP contribution in [-0.4, -0.2) is 25.8 Å². The van der Waals surface area contributed by atoms with E-state index in [0.29, 0.717) is 0 Å². The summed E-state index contributed by atoms with van der Waals surface area (Å²) in [5, 5.41) is 5.24. The number of thioether (sulfide) groups is 3. The van der Waals surface area contributed by atoms with Crippen molar-refractivity contribution in [2.75, 3.05) is 15.3 Å². The van der Waals surface area contributed by atoms with Crippen LogP contribution in [0.4, 0.5) is 0 Å². The molecule has 0 aliphatic rings. The fourth-order valence-electron chi connectivity index (χ4n) is 0.509. The molecule has 0 fully saturated rings.